The van der Waals surface area contributed by atoms with Gasteiger partial charge >= 0.3 is 11.9 Å². The van der Waals surface area contributed by atoms with E-state index in [2.05, 4.69) is 15.2 Å². The average molecular weight is 295 g/mol. The quantitative estimate of drug-likeness (QED) is 0.846. The topological polar surface area (TPSA) is 94.2 Å². The summed E-state index contributed by atoms with van der Waals surface area (Å²) >= 11 is 1.16. The van der Waals surface area contributed by atoms with E-state index in [1.54, 1.807) is 19.2 Å². The van der Waals surface area contributed by atoms with Crippen molar-refractivity contribution in [2.24, 2.45) is 0 Å². The van der Waals surface area contributed by atoms with Crippen LogP contribution in [0.1, 0.15) is 34.1 Å². The first-order valence-electron chi connectivity index (χ1n) is 6.01. The first-order valence-corrected chi connectivity index (χ1v) is 6.89. The van der Waals surface area contributed by atoms with Crippen molar-refractivity contribution in [3.63, 3.8) is 0 Å². The molecule has 0 atom stereocenters. The van der Waals surface area contributed by atoms with Gasteiger partial charge in [0.05, 0.1) is 13.2 Å². The number of aromatic nitrogens is 3. The molecule has 1 N–H and O–H groups in total. The Morgan fingerprint density at radius 1 is 1.20 bits per heavy atom. The van der Waals surface area contributed by atoms with Crippen LogP contribution in [0.4, 0.5) is 0 Å². The molecule has 0 amide bonds. The van der Waals surface area contributed by atoms with Crippen LogP contribution < -0.4 is 0 Å². The van der Waals surface area contributed by atoms with Gasteiger partial charge < -0.3 is 9.47 Å². The average Bonchev–Trinajstić information content (AvgIpc) is 3.08. The van der Waals surface area contributed by atoms with E-state index >= 15 is 0 Å². The summed E-state index contributed by atoms with van der Waals surface area (Å²) < 4.78 is 9.71. The zero-order valence-corrected chi connectivity index (χ0v) is 11.8. The molecule has 0 unspecified atom stereocenters. The van der Waals surface area contributed by atoms with Crippen LogP contribution in [-0.4, -0.2) is 40.3 Å². The number of nitrogens with one attached hydrogen (secondary N) is 1. The predicted molar refractivity (Wildman–Crippen MR) is 71.6 cm³/mol. The lowest BCUT2D eigenvalue weighted by Crippen LogP contribution is -2.04. The van der Waals surface area contributed by atoms with E-state index in [0.717, 1.165) is 11.3 Å². The summed E-state index contributed by atoms with van der Waals surface area (Å²) in [5.41, 5.74) is 1.22. The van der Waals surface area contributed by atoms with Gasteiger partial charge in [0, 0.05) is 11.4 Å². The molecule has 2 rings (SSSR count). The van der Waals surface area contributed by atoms with Crippen LogP contribution >= 0.6 is 11.3 Å². The number of thiazole rings is 1. The van der Waals surface area contributed by atoms with Crippen molar-refractivity contribution in [3.8, 4) is 11.4 Å². The van der Waals surface area contributed by atoms with Gasteiger partial charge in [0.1, 0.15) is 17.1 Å². The maximum atomic E-state index is 11.5. The Bertz CT molecular complexity index is 566. The van der Waals surface area contributed by atoms with E-state index in [0.29, 0.717) is 18.0 Å². The van der Waals surface area contributed by atoms with Gasteiger partial charge in [-0.3, -0.25) is 5.10 Å². The number of carbonyl (C=O) groups excluding carboxylic acids is 2. The first kappa shape index (κ1) is 14.2. The molecule has 0 spiro atoms. The third-order valence-electron chi connectivity index (χ3n) is 2.29. The lowest BCUT2D eigenvalue weighted by Gasteiger charge is -1.96. The molecule has 2 aromatic rings. The molecule has 7 nitrogen and oxygen atoms in total. The van der Waals surface area contributed by atoms with E-state index in [-0.39, 0.29) is 17.3 Å². The summed E-state index contributed by atoms with van der Waals surface area (Å²) in [4.78, 5) is 27.1. The number of nitrogens with zero attached hydrogens (tertiary/aromatic N) is 2. The molecule has 8 heteroatoms. The summed E-state index contributed by atoms with van der Waals surface area (Å²) in [5.74, 6) is -0.947. The van der Waals surface area contributed by atoms with E-state index in [1.165, 1.54) is 6.07 Å². The van der Waals surface area contributed by atoms with Crippen molar-refractivity contribution in [1.82, 2.24) is 15.2 Å². The van der Waals surface area contributed by atoms with E-state index < -0.39 is 11.9 Å². The molecule has 0 aliphatic carbocycles. The standard InChI is InChI=1S/C12H13N3O4S/c1-3-18-11(16)8-5-7(14-15-8)9-6-20-10(13-9)12(17)19-4-2/h5-6H,3-4H2,1-2H3,(H,14,15). The number of aromatic amines is 1. The lowest BCUT2D eigenvalue weighted by molar-refractivity contribution is 0.0512. The minimum absolute atomic E-state index is 0.243. The molecular weight excluding hydrogens is 282 g/mol. The molecule has 0 aliphatic rings. The summed E-state index contributed by atoms with van der Waals surface area (Å²) in [6.07, 6.45) is 0. The Morgan fingerprint density at radius 2 is 1.90 bits per heavy atom. The summed E-state index contributed by atoms with van der Waals surface area (Å²) in [6, 6.07) is 1.53. The van der Waals surface area contributed by atoms with Crippen molar-refractivity contribution in [3.05, 3.63) is 22.1 Å². The SMILES string of the molecule is CCOC(=O)c1cc(-c2csc(C(=O)OCC)n2)n[nH]1. The molecule has 0 saturated carbocycles. The molecule has 0 saturated heterocycles. The van der Waals surface area contributed by atoms with Crippen molar-refractivity contribution in [1.29, 1.82) is 0 Å². The Morgan fingerprint density at radius 3 is 2.60 bits per heavy atom. The molecular formula is C12H13N3O4S. The second-order valence-electron chi connectivity index (χ2n) is 3.65. The van der Waals surface area contributed by atoms with Crippen LogP contribution in [0.2, 0.25) is 0 Å². The second kappa shape index (κ2) is 6.29. The predicted octanol–water partition coefficient (Wildman–Crippen LogP) is 1.89. The van der Waals surface area contributed by atoms with Crippen LogP contribution in [0, 0.1) is 0 Å². The number of ether oxygens (including phenoxy) is 2. The maximum Gasteiger partial charge on any atom is 0.367 e. The molecule has 20 heavy (non-hydrogen) atoms. The van der Waals surface area contributed by atoms with E-state index in [1.807, 2.05) is 0 Å². The van der Waals surface area contributed by atoms with Crippen molar-refractivity contribution in [2.75, 3.05) is 13.2 Å². The zero-order chi connectivity index (χ0) is 14.5. The number of rotatable bonds is 5. The van der Waals surface area contributed by atoms with Crippen LogP contribution in [0.15, 0.2) is 11.4 Å². The normalized spacial score (nSPS) is 10.3. The van der Waals surface area contributed by atoms with Gasteiger partial charge in [0.25, 0.3) is 0 Å². The van der Waals surface area contributed by atoms with E-state index in [9.17, 15) is 9.59 Å². The summed E-state index contributed by atoms with van der Waals surface area (Å²) in [7, 11) is 0. The summed E-state index contributed by atoms with van der Waals surface area (Å²) in [6.45, 7) is 4.03. The molecule has 2 aromatic heterocycles. The largest absolute Gasteiger partial charge is 0.461 e. The first-order chi connectivity index (χ1) is 9.65. The Hall–Kier alpha value is -2.22. The molecule has 106 valence electrons. The van der Waals surface area contributed by atoms with E-state index in [4.69, 9.17) is 9.47 Å². The molecule has 0 aliphatic heterocycles. The molecule has 2 heterocycles. The van der Waals surface area contributed by atoms with Gasteiger partial charge in [-0.05, 0) is 13.8 Å². The number of esters is 2. The van der Waals surface area contributed by atoms with Gasteiger partial charge in [-0.2, -0.15) is 5.10 Å². The fraction of sp³-hybridized carbons (Fsp3) is 0.333. The Balaban J connectivity index is 2.16. The highest BCUT2D eigenvalue weighted by molar-refractivity contribution is 7.11. The third-order valence-corrected chi connectivity index (χ3v) is 3.11. The Kier molecular flexibility index (Phi) is 4.46. The minimum Gasteiger partial charge on any atom is -0.461 e. The molecule has 0 radical (unpaired) electrons. The van der Waals surface area contributed by atoms with Crippen LogP contribution in [0.25, 0.3) is 11.4 Å². The Labute approximate surface area is 118 Å². The minimum atomic E-state index is -0.480. The van der Waals surface area contributed by atoms with Crippen LogP contribution in [-0.2, 0) is 9.47 Å². The smallest absolute Gasteiger partial charge is 0.367 e. The fourth-order valence-corrected chi connectivity index (χ4v) is 2.15. The molecule has 0 fully saturated rings. The maximum absolute atomic E-state index is 11.5. The summed E-state index contributed by atoms with van der Waals surface area (Å²) in [5, 5.41) is 8.48. The van der Waals surface area contributed by atoms with Gasteiger partial charge in [-0.15, -0.1) is 11.3 Å². The lowest BCUT2D eigenvalue weighted by atomic mass is 10.3. The van der Waals surface area contributed by atoms with Gasteiger partial charge in [-0.1, -0.05) is 0 Å². The monoisotopic (exact) mass is 295 g/mol. The van der Waals surface area contributed by atoms with Crippen molar-refractivity contribution in [2.45, 2.75) is 13.8 Å². The van der Waals surface area contributed by atoms with Crippen LogP contribution in [0.5, 0.6) is 0 Å². The van der Waals surface area contributed by atoms with Crippen molar-refractivity contribution < 1.29 is 19.1 Å². The highest BCUT2D eigenvalue weighted by atomic mass is 32.1. The van der Waals surface area contributed by atoms with Gasteiger partial charge in [0.2, 0.25) is 5.01 Å². The molecule has 0 bridgehead atoms. The number of hydrogen-bond donors (Lipinski definition) is 1. The highest BCUT2D eigenvalue weighted by Crippen LogP contribution is 2.21. The van der Waals surface area contributed by atoms with Gasteiger partial charge in [-0.25, -0.2) is 14.6 Å². The van der Waals surface area contributed by atoms with Crippen LogP contribution in [0.3, 0.4) is 0 Å². The molecule has 0 aromatic carbocycles. The van der Waals surface area contributed by atoms with Gasteiger partial charge in [0.15, 0.2) is 0 Å². The highest BCUT2D eigenvalue weighted by Gasteiger charge is 2.16. The number of carbonyl (C=O) groups is 2. The fourth-order valence-electron chi connectivity index (χ4n) is 1.44. The number of H-pyrrole nitrogens is 1. The zero-order valence-electron chi connectivity index (χ0n) is 11.0. The van der Waals surface area contributed by atoms with Crippen molar-refractivity contribution >= 4 is 23.3 Å². The third kappa shape index (κ3) is 3.02. The number of hydrogen-bond acceptors (Lipinski definition) is 7. The second-order valence-corrected chi connectivity index (χ2v) is 4.50.